The first-order valence-electron chi connectivity index (χ1n) is 10.7. The summed E-state index contributed by atoms with van der Waals surface area (Å²) in [6, 6.07) is 0. The maximum Gasteiger partial charge on any atom is 0.0431 e. The molecule has 0 atom stereocenters. The molecule has 0 unspecified atom stereocenters. The van der Waals surface area contributed by atoms with Crippen molar-refractivity contribution in [2.45, 2.75) is 122 Å². The second kappa shape index (κ2) is 21.7. The number of aliphatic hydroxyl groups excluding tert-OH is 1. The Morgan fingerprint density at radius 2 is 0.826 bits per heavy atom. The zero-order chi connectivity index (χ0) is 16.8. The summed E-state index contributed by atoms with van der Waals surface area (Å²) in [4.78, 5) is 0. The Labute approximate surface area is 147 Å². The summed E-state index contributed by atoms with van der Waals surface area (Å²) < 4.78 is 0. The third kappa shape index (κ3) is 21.7. The van der Waals surface area contributed by atoms with Gasteiger partial charge in [-0.2, -0.15) is 0 Å². The molecule has 0 aromatic rings. The molecular weight excluding hydrogens is 280 g/mol. The molecule has 0 rings (SSSR count). The van der Waals surface area contributed by atoms with Gasteiger partial charge in [0.05, 0.1) is 0 Å². The normalized spacial score (nSPS) is 11.6. The molecule has 0 bridgehead atoms. The van der Waals surface area contributed by atoms with Crippen LogP contribution in [0.25, 0.3) is 0 Å². The van der Waals surface area contributed by atoms with Crippen LogP contribution in [0, 0.1) is 0 Å². The molecule has 0 saturated carbocycles. The van der Waals surface area contributed by atoms with E-state index in [4.69, 9.17) is 5.11 Å². The highest BCUT2D eigenvalue weighted by molar-refractivity contribution is 4.81. The lowest BCUT2D eigenvalue weighted by atomic mass is 10.0. The Balaban J connectivity index is 3.01. The van der Waals surface area contributed by atoms with Gasteiger partial charge < -0.3 is 5.11 Å². The van der Waals surface area contributed by atoms with Crippen LogP contribution in [-0.4, -0.2) is 11.7 Å². The summed E-state index contributed by atoms with van der Waals surface area (Å²) in [6.07, 6.45) is 29.1. The molecule has 0 spiro atoms. The molecule has 1 heteroatoms. The van der Waals surface area contributed by atoms with Gasteiger partial charge in [0.1, 0.15) is 0 Å². The van der Waals surface area contributed by atoms with Gasteiger partial charge in [-0.25, -0.2) is 0 Å². The van der Waals surface area contributed by atoms with Crippen molar-refractivity contribution in [1.82, 2.24) is 0 Å². The molecule has 0 aliphatic carbocycles. The van der Waals surface area contributed by atoms with Gasteiger partial charge in [0, 0.05) is 6.61 Å². The van der Waals surface area contributed by atoms with Crippen LogP contribution in [0.15, 0.2) is 12.2 Å². The summed E-state index contributed by atoms with van der Waals surface area (Å²) in [6.45, 7) is 2.64. The summed E-state index contributed by atoms with van der Waals surface area (Å²) in [5.41, 5.74) is 0. The first-order valence-corrected chi connectivity index (χ1v) is 10.7. The van der Waals surface area contributed by atoms with Crippen molar-refractivity contribution >= 4 is 0 Å². The molecule has 1 N–H and O–H groups in total. The third-order valence-corrected chi connectivity index (χ3v) is 4.67. The second-order valence-corrected chi connectivity index (χ2v) is 7.08. The SMILES string of the molecule is CCCCCCC=CCCCCCCCCCCCCCCO. The van der Waals surface area contributed by atoms with Crippen molar-refractivity contribution < 1.29 is 5.11 Å². The lowest BCUT2D eigenvalue weighted by Gasteiger charge is -2.02. The lowest BCUT2D eigenvalue weighted by molar-refractivity contribution is 0.282. The fraction of sp³-hybridized carbons (Fsp3) is 0.909. The Morgan fingerprint density at radius 1 is 0.478 bits per heavy atom. The standard InChI is InChI=1S/C22H44O/c1-2-3-4-5-6-7-8-9-10-11-12-13-14-15-16-17-18-19-20-21-22-23/h7-8,23H,2-6,9-22H2,1H3. The van der Waals surface area contributed by atoms with Crippen LogP contribution in [-0.2, 0) is 0 Å². The number of hydrogen-bond donors (Lipinski definition) is 1. The number of rotatable bonds is 19. The van der Waals surface area contributed by atoms with Crippen molar-refractivity contribution in [3.05, 3.63) is 12.2 Å². The zero-order valence-electron chi connectivity index (χ0n) is 16.0. The highest BCUT2D eigenvalue weighted by Crippen LogP contribution is 2.12. The van der Waals surface area contributed by atoms with Gasteiger partial charge in [0.15, 0.2) is 0 Å². The minimum absolute atomic E-state index is 0.370. The van der Waals surface area contributed by atoms with E-state index in [0.29, 0.717) is 6.61 Å². The monoisotopic (exact) mass is 324 g/mol. The minimum Gasteiger partial charge on any atom is -0.396 e. The van der Waals surface area contributed by atoms with Crippen LogP contribution < -0.4 is 0 Å². The second-order valence-electron chi connectivity index (χ2n) is 7.08. The molecule has 0 fully saturated rings. The summed E-state index contributed by atoms with van der Waals surface area (Å²) in [5, 5.41) is 8.71. The van der Waals surface area contributed by atoms with E-state index in [0.717, 1.165) is 6.42 Å². The van der Waals surface area contributed by atoms with Crippen molar-refractivity contribution in [2.75, 3.05) is 6.61 Å². The molecule has 0 saturated heterocycles. The van der Waals surface area contributed by atoms with Crippen molar-refractivity contribution in [1.29, 1.82) is 0 Å². The van der Waals surface area contributed by atoms with Crippen LogP contribution in [0.3, 0.4) is 0 Å². The van der Waals surface area contributed by atoms with E-state index in [-0.39, 0.29) is 0 Å². The van der Waals surface area contributed by atoms with Crippen LogP contribution in [0.5, 0.6) is 0 Å². The molecule has 0 aromatic carbocycles. The van der Waals surface area contributed by atoms with Gasteiger partial charge in [0.25, 0.3) is 0 Å². The van der Waals surface area contributed by atoms with Crippen molar-refractivity contribution in [2.24, 2.45) is 0 Å². The molecule has 0 amide bonds. The van der Waals surface area contributed by atoms with Gasteiger partial charge in [-0.1, -0.05) is 103 Å². The summed E-state index contributed by atoms with van der Waals surface area (Å²) in [5.74, 6) is 0. The third-order valence-electron chi connectivity index (χ3n) is 4.67. The van der Waals surface area contributed by atoms with Gasteiger partial charge in [-0.05, 0) is 32.1 Å². The number of hydrogen-bond acceptors (Lipinski definition) is 1. The largest absolute Gasteiger partial charge is 0.396 e. The fourth-order valence-electron chi connectivity index (χ4n) is 3.07. The number of allylic oxidation sites excluding steroid dienone is 2. The highest BCUT2D eigenvalue weighted by atomic mass is 16.2. The molecule has 0 aliphatic rings. The van der Waals surface area contributed by atoms with E-state index in [1.165, 1.54) is 109 Å². The predicted molar refractivity (Wildman–Crippen MR) is 105 cm³/mol. The van der Waals surface area contributed by atoms with Crippen molar-refractivity contribution in [3.8, 4) is 0 Å². The van der Waals surface area contributed by atoms with Crippen LogP contribution in [0.1, 0.15) is 122 Å². The van der Waals surface area contributed by atoms with E-state index in [1.54, 1.807) is 0 Å². The number of aliphatic hydroxyl groups is 1. The van der Waals surface area contributed by atoms with Gasteiger partial charge in [0.2, 0.25) is 0 Å². The zero-order valence-corrected chi connectivity index (χ0v) is 16.0. The van der Waals surface area contributed by atoms with Gasteiger partial charge in [-0.15, -0.1) is 0 Å². The van der Waals surface area contributed by atoms with E-state index >= 15 is 0 Å². The molecule has 0 radical (unpaired) electrons. The minimum atomic E-state index is 0.370. The summed E-state index contributed by atoms with van der Waals surface area (Å²) >= 11 is 0. The van der Waals surface area contributed by atoms with E-state index in [9.17, 15) is 0 Å². The van der Waals surface area contributed by atoms with Crippen LogP contribution >= 0.6 is 0 Å². The van der Waals surface area contributed by atoms with Crippen LogP contribution in [0.2, 0.25) is 0 Å². The Hall–Kier alpha value is -0.300. The maximum atomic E-state index is 8.71. The Kier molecular flexibility index (Phi) is 21.4. The highest BCUT2D eigenvalue weighted by Gasteiger charge is 1.93. The van der Waals surface area contributed by atoms with Gasteiger partial charge >= 0.3 is 0 Å². The average molecular weight is 325 g/mol. The lowest BCUT2D eigenvalue weighted by Crippen LogP contribution is -1.84. The summed E-state index contributed by atoms with van der Waals surface area (Å²) in [7, 11) is 0. The van der Waals surface area contributed by atoms with E-state index < -0.39 is 0 Å². The average Bonchev–Trinajstić information content (AvgIpc) is 2.57. The molecule has 0 aliphatic heterocycles. The first-order chi connectivity index (χ1) is 11.4. The Bertz CT molecular complexity index is 222. The molecule has 0 heterocycles. The fourth-order valence-corrected chi connectivity index (χ4v) is 3.07. The van der Waals surface area contributed by atoms with Gasteiger partial charge in [-0.3, -0.25) is 0 Å². The molecule has 1 nitrogen and oxygen atoms in total. The van der Waals surface area contributed by atoms with Crippen LogP contribution in [0.4, 0.5) is 0 Å². The first kappa shape index (κ1) is 22.7. The number of unbranched alkanes of at least 4 members (excludes halogenated alkanes) is 16. The molecular formula is C22H44O. The smallest absolute Gasteiger partial charge is 0.0431 e. The quantitative estimate of drug-likeness (QED) is 0.192. The molecule has 138 valence electrons. The van der Waals surface area contributed by atoms with E-state index in [2.05, 4.69) is 19.1 Å². The predicted octanol–water partition coefficient (Wildman–Crippen LogP) is 7.58. The van der Waals surface area contributed by atoms with E-state index in [1.807, 2.05) is 0 Å². The van der Waals surface area contributed by atoms with Crippen molar-refractivity contribution in [3.63, 3.8) is 0 Å². The molecule has 23 heavy (non-hydrogen) atoms. The maximum absolute atomic E-state index is 8.71. The Morgan fingerprint density at radius 3 is 1.22 bits per heavy atom. The topological polar surface area (TPSA) is 20.2 Å². The molecule has 0 aromatic heterocycles.